The summed E-state index contributed by atoms with van der Waals surface area (Å²) in [7, 11) is 0. The van der Waals surface area contributed by atoms with Crippen LogP contribution < -0.4 is 0 Å². The molecule has 0 saturated carbocycles. The fraction of sp³-hybridized carbons (Fsp3) is 0.250. The average Bonchev–Trinajstić information content (AvgIpc) is 2.21. The SMILES string of the molecule is C=CCC(C)(C(=O)Cl)c1cc(Br)ccc1F. The Labute approximate surface area is 107 Å². The van der Waals surface area contributed by atoms with Crippen molar-refractivity contribution < 1.29 is 9.18 Å². The minimum absolute atomic E-state index is 0.279. The van der Waals surface area contributed by atoms with Crippen LogP contribution in [0.4, 0.5) is 4.39 Å². The van der Waals surface area contributed by atoms with Crippen molar-refractivity contribution in [3.05, 3.63) is 46.7 Å². The van der Waals surface area contributed by atoms with E-state index in [0.29, 0.717) is 10.9 Å². The highest BCUT2D eigenvalue weighted by Gasteiger charge is 2.35. The van der Waals surface area contributed by atoms with Gasteiger partial charge in [0.2, 0.25) is 5.24 Å². The van der Waals surface area contributed by atoms with E-state index in [1.807, 2.05) is 0 Å². The van der Waals surface area contributed by atoms with Crippen LogP contribution in [0.25, 0.3) is 0 Å². The van der Waals surface area contributed by atoms with Gasteiger partial charge in [0.15, 0.2) is 0 Å². The lowest BCUT2D eigenvalue weighted by atomic mass is 9.80. The monoisotopic (exact) mass is 304 g/mol. The molecule has 0 amide bonds. The molecule has 0 radical (unpaired) electrons. The minimum atomic E-state index is -1.07. The third kappa shape index (κ3) is 2.53. The molecule has 0 N–H and O–H groups in total. The van der Waals surface area contributed by atoms with E-state index in [-0.39, 0.29) is 5.56 Å². The number of allylic oxidation sites excluding steroid dienone is 1. The number of halogens is 3. The molecule has 1 aromatic rings. The standard InChI is InChI=1S/C12H11BrClFO/c1-3-6-12(2,11(14)16)9-7-8(13)4-5-10(9)15/h3-5,7H,1,6H2,2H3. The third-order valence-electron chi connectivity index (χ3n) is 2.51. The molecule has 0 aliphatic heterocycles. The molecule has 0 bridgehead atoms. The van der Waals surface area contributed by atoms with Crippen LogP contribution in [0.1, 0.15) is 18.9 Å². The van der Waals surface area contributed by atoms with Gasteiger partial charge in [-0.05, 0) is 43.1 Å². The molecule has 0 heterocycles. The molecule has 0 aliphatic carbocycles. The Hall–Kier alpha value is -0.670. The topological polar surface area (TPSA) is 17.1 Å². The fourth-order valence-corrected chi connectivity index (χ4v) is 2.05. The first-order valence-corrected chi connectivity index (χ1v) is 5.85. The first-order chi connectivity index (χ1) is 7.41. The van der Waals surface area contributed by atoms with Crippen LogP contribution in [0.3, 0.4) is 0 Å². The summed E-state index contributed by atoms with van der Waals surface area (Å²) in [5, 5.41) is -0.593. The number of hydrogen-bond acceptors (Lipinski definition) is 1. The highest BCUT2D eigenvalue weighted by atomic mass is 79.9. The van der Waals surface area contributed by atoms with E-state index in [9.17, 15) is 9.18 Å². The maximum Gasteiger partial charge on any atom is 0.232 e. The molecule has 0 aliphatic rings. The molecule has 1 rings (SSSR count). The summed E-state index contributed by atoms with van der Waals surface area (Å²) in [6, 6.07) is 4.45. The number of hydrogen-bond donors (Lipinski definition) is 0. The summed E-state index contributed by atoms with van der Waals surface area (Å²) in [5.41, 5.74) is -0.793. The fourth-order valence-electron chi connectivity index (χ4n) is 1.51. The van der Waals surface area contributed by atoms with E-state index in [2.05, 4.69) is 22.5 Å². The molecule has 1 nitrogen and oxygen atoms in total. The highest BCUT2D eigenvalue weighted by molar-refractivity contribution is 9.10. The first-order valence-electron chi connectivity index (χ1n) is 4.68. The molecule has 86 valence electrons. The van der Waals surface area contributed by atoms with Gasteiger partial charge < -0.3 is 0 Å². The first kappa shape index (κ1) is 13.4. The lowest BCUT2D eigenvalue weighted by Crippen LogP contribution is -2.29. The predicted octanol–water partition coefficient (Wildman–Crippen LogP) is 4.19. The zero-order valence-electron chi connectivity index (χ0n) is 8.77. The smallest absolute Gasteiger partial charge is 0.232 e. The van der Waals surface area contributed by atoms with E-state index < -0.39 is 16.5 Å². The second kappa shape index (κ2) is 5.11. The zero-order chi connectivity index (χ0) is 12.3. The van der Waals surface area contributed by atoms with E-state index >= 15 is 0 Å². The van der Waals surface area contributed by atoms with Gasteiger partial charge in [-0.2, -0.15) is 0 Å². The molecule has 1 atom stereocenters. The summed E-state index contributed by atoms with van der Waals surface area (Å²) < 4.78 is 14.4. The average molecular weight is 306 g/mol. The molecule has 16 heavy (non-hydrogen) atoms. The Kier molecular flexibility index (Phi) is 4.28. The van der Waals surface area contributed by atoms with Crippen LogP contribution in [0.15, 0.2) is 35.3 Å². The molecule has 0 saturated heterocycles. The molecule has 4 heteroatoms. The van der Waals surface area contributed by atoms with Gasteiger partial charge in [-0.15, -0.1) is 6.58 Å². The Bertz CT molecular complexity index is 433. The van der Waals surface area contributed by atoms with Gasteiger partial charge in [-0.25, -0.2) is 4.39 Å². The van der Waals surface area contributed by atoms with E-state index in [1.54, 1.807) is 25.1 Å². The maximum atomic E-state index is 13.7. The molecule has 0 fully saturated rings. The zero-order valence-corrected chi connectivity index (χ0v) is 11.1. The van der Waals surface area contributed by atoms with Crippen LogP contribution in [-0.4, -0.2) is 5.24 Å². The predicted molar refractivity (Wildman–Crippen MR) is 67.1 cm³/mol. The second-order valence-electron chi connectivity index (χ2n) is 3.72. The molecule has 1 unspecified atom stereocenters. The van der Waals surface area contributed by atoms with Gasteiger partial charge in [-0.1, -0.05) is 22.0 Å². The van der Waals surface area contributed by atoms with Gasteiger partial charge in [0.05, 0.1) is 5.41 Å². The molecular weight excluding hydrogens is 294 g/mol. The molecular formula is C12H11BrClFO. The van der Waals surface area contributed by atoms with Gasteiger partial charge in [0, 0.05) is 10.0 Å². The summed E-state index contributed by atoms with van der Waals surface area (Å²) in [6.45, 7) is 5.17. The number of benzene rings is 1. The Morgan fingerprint density at radius 3 is 2.81 bits per heavy atom. The lowest BCUT2D eigenvalue weighted by molar-refractivity contribution is -0.116. The number of carbonyl (C=O) groups excluding carboxylic acids is 1. The minimum Gasteiger partial charge on any atom is -0.280 e. The van der Waals surface area contributed by atoms with Crippen molar-refractivity contribution in [2.75, 3.05) is 0 Å². The summed E-state index contributed by atoms with van der Waals surface area (Å²) >= 11 is 8.80. The summed E-state index contributed by atoms with van der Waals surface area (Å²) in [5.74, 6) is -0.443. The molecule has 0 aromatic heterocycles. The Balaban J connectivity index is 3.36. The number of rotatable bonds is 4. The van der Waals surface area contributed by atoms with Gasteiger partial charge in [0.25, 0.3) is 0 Å². The normalized spacial score (nSPS) is 14.2. The van der Waals surface area contributed by atoms with Crippen molar-refractivity contribution in [1.82, 2.24) is 0 Å². The number of carbonyl (C=O) groups is 1. The van der Waals surface area contributed by atoms with Crippen molar-refractivity contribution in [2.45, 2.75) is 18.8 Å². The van der Waals surface area contributed by atoms with E-state index in [4.69, 9.17) is 11.6 Å². The summed E-state index contributed by atoms with van der Waals surface area (Å²) in [4.78, 5) is 11.5. The van der Waals surface area contributed by atoms with Crippen molar-refractivity contribution in [3.63, 3.8) is 0 Å². The molecule has 0 spiro atoms. The Morgan fingerprint density at radius 2 is 2.31 bits per heavy atom. The lowest BCUT2D eigenvalue weighted by Gasteiger charge is -2.25. The van der Waals surface area contributed by atoms with Crippen molar-refractivity contribution >= 4 is 32.8 Å². The quantitative estimate of drug-likeness (QED) is 0.602. The summed E-state index contributed by atoms with van der Waals surface area (Å²) in [6.07, 6.45) is 1.85. The van der Waals surface area contributed by atoms with Gasteiger partial charge >= 0.3 is 0 Å². The third-order valence-corrected chi connectivity index (χ3v) is 3.42. The largest absolute Gasteiger partial charge is 0.280 e. The van der Waals surface area contributed by atoms with Crippen LogP contribution in [0.5, 0.6) is 0 Å². The van der Waals surface area contributed by atoms with Crippen LogP contribution in [0, 0.1) is 5.82 Å². The van der Waals surface area contributed by atoms with Crippen molar-refractivity contribution in [3.8, 4) is 0 Å². The molecule has 1 aromatic carbocycles. The van der Waals surface area contributed by atoms with Crippen LogP contribution in [-0.2, 0) is 10.2 Å². The van der Waals surface area contributed by atoms with Gasteiger partial charge in [-0.3, -0.25) is 4.79 Å². The van der Waals surface area contributed by atoms with Crippen LogP contribution >= 0.6 is 27.5 Å². The maximum absolute atomic E-state index is 13.7. The van der Waals surface area contributed by atoms with Crippen molar-refractivity contribution in [2.24, 2.45) is 0 Å². The van der Waals surface area contributed by atoms with Crippen LogP contribution in [0.2, 0.25) is 0 Å². The second-order valence-corrected chi connectivity index (χ2v) is 4.98. The van der Waals surface area contributed by atoms with Gasteiger partial charge in [0.1, 0.15) is 5.82 Å². The van der Waals surface area contributed by atoms with E-state index in [0.717, 1.165) is 0 Å². The highest BCUT2D eigenvalue weighted by Crippen LogP contribution is 2.34. The van der Waals surface area contributed by atoms with E-state index in [1.165, 1.54) is 6.07 Å². The Morgan fingerprint density at radius 1 is 1.69 bits per heavy atom. The van der Waals surface area contributed by atoms with Crippen molar-refractivity contribution in [1.29, 1.82) is 0 Å².